The number of hydrogen-bond donors (Lipinski definition) is 0. The Kier molecular flexibility index (Phi) is 10.1. The van der Waals surface area contributed by atoms with Crippen LogP contribution in [0, 0.1) is 6.08 Å². The molecule has 6 rings (SSSR count). The normalized spacial score (nSPS) is 19.7. The van der Waals surface area contributed by atoms with Gasteiger partial charge in [-0.3, -0.25) is 0 Å². The van der Waals surface area contributed by atoms with Crippen LogP contribution >= 0.6 is 0 Å². The minimum Gasteiger partial charge on any atom is -0.476 e. The summed E-state index contributed by atoms with van der Waals surface area (Å²) in [6.07, 6.45) is 16.0. The van der Waals surface area contributed by atoms with E-state index in [1.807, 2.05) is 0 Å². The van der Waals surface area contributed by atoms with Gasteiger partial charge in [-0.05, 0) is 81.2 Å². The van der Waals surface area contributed by atoms with Gasteiger partial charge in [-0.2, -0.15) is 11.6 Å². The van der Waals surface area contributed by atoms with Crippen molar-refractivity contribution >= 4 is 22.8 Å². The molecular formula is C45H55N3O. The minimum absolute atomic E-state index is 0.0810. The highest BCUT2D eigenvalue weighted by Gasteiger charge is 2.41. The Hall–Kier alpha value is -4.31. The molecule has 0 aromatic heterocycles. The molecule has 0 saturated heterocycles. The molecule has 0 amide bonds. The van der Waals surface area contributed by atoms with Crippen molar-refractivity contribution in [1.29, 1.82) is 0 Å². The summed E-state index contributed by atoms with van der Waals surface area (Å²) < 4.78 is 9.39. The largest absolute Gasteiger partial charge is 0.476 e. The van der Waals surface area contributed by atoms with Crippen LogP contribution < -0.4 is 14.5 Å². The lowest BCUT2D eigenvalue weighted by Gasteiger charge is -2.29. The molecule has 2 aliphatic heterocycles. The lowest BCUT2D eigenvalue weighted by Crippen LogP contribution is -2.28. The van der Waals surface area contributed by atoms with E-state index >= 15 is 0 Å². The third kappa shape index (κ3) is 6.55. The van der Waals surface area contributed by atoms with Crippen LogP contribution in [0.2, 0.25) is 0 Å². The molecule has 0 N–H and O–H groups in total. The van der Waals surface area contributed by atoms with Gasteiger partial charge >= 0.3 is 0 Å². The highest BCUT2D eigenvalue weighted by atomic mass is 16.5. The van der Waals surface area contributed by atoms with E-state index in [0.717, 1.165) is 63.2 Å². The number of anilines is 2. The number of fused-ring (bicyclic) bond motifs is 2. The second kappa shape index (κ2) is 14.3. The van der Waals surface area contributed by atoms with Crippen LogP contribution in [0.5, 0.6) is 5.75 Å². The monoisotopic (exact) mass is 653 g/mol. The molecule has 3 aromatic rings. The number of nitrogens with zero attached hydrogens (tertiary/aromatic N) is 3. The Morgan fingerprint density at radius 1 is 0.837 bits per heavy atom. The van der Waals surface area contributed by atoms with Gasteiger partial charge < -0.3 is 14.5 Å². The highest BCUT2D eigenvalue weighted by molar-refractivity contribution is 6.00. The van der Waals surface area contributed by atoms with E-state index < -0.39 is 0 Å². The molecule has 49 heavy (non-hydrogen) atoms. The van der Waals surface area contributed by atoms with Crippen molar-refractivity contribution in [2.75, 3.05) is 36.5 Å². The molecule has 3 aromatic carbocycles. The van der Waals surface area contributed by atoms with E-state index in [4.69, 9.17) is 4.74 Å². The van der Waals surface area contributed by atoms with E-state index in [2.05, 4.69) is 167 Å². The topological polar surface area (TPSA) is 18.7 Å². The predicted octanol–water partition coefficient (Wildman–Crippen LogP) is 10.8. The fourth-order valence-corrected chi connectivity index (χ4v) is 7.88. The number of para-hydroxylation sites is 2. The Morgan fingerprint density at radius 3 is 2.27 bits per heavy atom. The van der Waals surface area contributed by atoms with Gasteiger partial charge in [-0.15, -0.1) is 0 Å². The molecule has 4 heteroatoms. The third-order valence-electron chi connectivity index (χ3n) is 10.7. The standard InChI is InChI=1S/C45H55N3O/c1-9-31-47-39-21-14-12-19-37(39)44(4,5)41(47)29-23-33-17-16-18-34(43(33)49-36-27-25-35(26-28-36)46(8)11-3)24-30-42-45(6,7)38-20-13-15-22-40(38)48(42)32-10-2/h12-15,19-29H,9-11,16-18,31-32H2,1-8H3. The number of ether oxygens (including phenoxy) is 1. The Labute approximate surface area is 295 Å². The van der Waals surface area contributed by atoms with Crippen LogP contribution in [0.25, 0.3) is 0 Å². The summed E-state index contributed by atoms with van der Waals surface area (Å²) in [5.74, 6) is 1.84. The molecule has 0 saturated carbocycles. The summed E-state index contributed by atoms with van der Waals surface area (Å²) in [5, 5.41) is 0. The predicted molar refractivity (Wildman–Crippen MR) is 208 cm³/mol. The summed E-state index contributed by atoms with van der Waals surface area (Å²) >= 11 is 0. The van der Waals surface area contributed by atoms with E-state index in [9.17, 15) is 0 Å². The average Bonchev–Trinajstić information content (AvgIpc) is 3.45. The molecule has 4 nitrogen and oxygen atoms in total. The first-order chi connectivity index (χ1) is 23.6. The summed E-state index contributed by atoms with van der Waals surface area (Å²) in [6.45, 7) is 19.0. The highest BCUT2D eigenvalue weighted by Crippen LogP contribution is 2.48. The van der Waals surface area contributed by atoms with Gasteiger partial charge in [0, 0.05) is 60.7 Å². The number of hydrogen-bond acceptors (Lipinski definition) is 3. The molecule has 0 radical (unpaired) electrons. The van der Waals surface area contributed by atoms with Gasteiger partial charge in [0.2, 0.25) is 5.69 Å². The summed E-state index contributed by atoms with van der Waals surface area (Å²) in [7, 11) is 2.12. The SMILES string of the molecule is CCCN1/C(=C/C=C2\CCCC(C=[C-]C3=[N+](CCC)c4ccccc4C3(C)C)=C2Oc2ccc(N(C)CC)cc2)C(C)(C)c2ccccc21. The Bertz CT molecular complexity index is 1830. The second-order valence-electron chi connectivity index (χ2n) is 14.8. The maximum atomic E-state index is 6.91. The van der Waals surface area contributed by atoms with E-state index in [1.165, 1.54) is 50.7 Å². The van der Waals surface area contributed by atoms with Crippen molar-refractivity contribution in [2.45, 2.75) is 91.4 Å². The molecule has 256 valence electrons. The Morgan fingerprint density at radius 2 is 1.55 bits per heavy atom. The Balaban J connectivity index is 1.44. The molecule has 0 bridgehead atoms. The fourth-order valence-electron chi connectivity index (χ4n) is 7.88. The molecule has 0 spiro atoms. The van der Waals surface area contributed by atoms with Gasteiger partial charge in [0.05, 0.1) is 11.2 Å². The minimum atomic E-state index is -0.130. The van der Waals surface area contributed by atoms with Crippen molar-refractivity contribution in [3.8, 4) is 5.75 Å². The summed E-state index contributed by atoms with van der Waals surface area (Å²) in [5.41, 5.74) is 11.4. The van der Waals surface area contributed by atoms with E-state index in [0.29, 0.717) is 0 Å². The molecule has 2 heterocycles. The quantitative estimate of drug-likeness (QED) is 0.152. The summed E-state index contributed by atoms with van der Waals surface area (Å²) in [6, 6.07) is 26.3. The summed E-state index contributed by atoms with van der Waals surface area (Å²) in [4.78, 5) is 4.77. The van der Waals surface area contributed by atoms with E-state index in [1.54, 1.807) is 0 Å². The fraction of sp³-hybridized carbons (Fsp3) is 0.400. The first kappa shape index (κ1) is 34.5. The van der Waals surface area contributed by atoms with E-state index in [-0.39, 0.29) is 10.8 Å². The van der Waals surface area contributed by atoms with Crippen molar-refractivity contribution < 1.29 is 9.31 Å². The lowest BCUT2D eigenvalue weighted by atomic mass is 9.81. The molecular weight excluding hydrogens is 599 g/mol. The van der Waals surface area contributed by atoms with Gasteiger partial charge in [0.1, 0.15) is 18.0 Å². The van der Waals surface area contributed by atoms with Crippen molar-refractivity contribution in [3.63, 3.8) is 0 Å². The van der Waals surface area contributed by atoms with Gasteiger partial charge in [0.25, 0.3) is 0 Å². The number of allylic oxidation sites excluding steroid dienone is 7. The van der Waals surface area contributed by atoms with Gasteiger partial charge in [-0.25, -0.2) is 10.7 Å². The van der Waals surface area contributed by atoms with Crippen molar-refractivity contribution in [1.82, 2.24) is 0 Å². The maximum absolute atomic E-state index is 6.91. The molecule has 3 aliphatic rings. The molecule has 0 fully saturated rings. The van der Waals surface area contributed by atoms with Crippen molar-refractivity contribution in [3.05, 3.63) is 131 Å². The van der Waals surface area contributed by atoms with Crippen LogP contribution in [0.1, 0.15) is 91.7 Å². The lowest BCUT2D eigenvalue weighted by molar-refractivity contribution is -0.437. The van der Waals surface area contributed by atoms with Gasteiger partial charge in [0.15, 0.2) is 0 Å². The number of rotatable bonds is 11. The zero-order chi connectivity index (χ0) is 34.8. The van der Waals surface area contributed by atoms with Gasteiger partial charge in [-0.1, -0.05) is 83.0 Å². The first-order valence-corrected chi connectivity index (χ1v) is 18.5. The van der Waals surface area contributed by atoms with Crippen LogP contribution in [-0.2, 0) is 10.8 Å². The van der Waals surface area contributed by atoms with Crippen LogP contribution in [0.3, 0.4) is 0 Å². The van der Waals surface area contributed by atoms with Crippen LogP contribution in [-0.4, -0.2) is 37.0 Å². The molecule has 0 unspecified atom stereocenters. The smallest absolute Gasteiger partial charge is 0.208 e. The van der Waals surface area contributed by atoms with Crippen LogP contribution in [0.15, 0.2) is 114 Å². The van der Waals surface area contributed by atoms with Crippen LogP contribution in [0.4, 0.5) is 17.1 Å². The zero-order valence-electron chi connectivity index (χ0n) is 31.1. The average molecular weight is 654 g/mol. The molecule has 0 atom stereocenters. The first-order valence-electron chi connectivity index (χ1n) is 18.5. The molecule has 1 aliphatic carbocycles. The third-order valence-corrected chi connectivity index (χ3v) is 10.7. The number of benzene rings is 3. The maximum Gasteiger partial charge on any atom is 0.208 e. The van der Waals surface area contributed by atoms with Crippen molar-refractivity contribution in [2.24, 2.45) is 0 Å². The zero-order valence-corrected chi connectivity index (χ0v) is 31.1. The second-order valence-corrected chi connectivity index (χ2v) is 14.8.